The topological polar surface area (TPSA) is 42.0 Å². The molecule has 0 aliphatic heterocycles. The molecule has 4 heteroatoms. The van der Waals surface area contributed by atoms with E-state index >= 15 is 0 Å². The van der Waals surface area contributed by atoms with E-state index in [1.54, 1.807) is 11.3 Å². The van der Waals surface area contributed by atoms with Crippen LogP contribution in [-0.2, 0) is 11.2 Å². The van der Waals surface area contributed by atoms with Crippen molar-refractivity contribution in [2.75, 3.05) is 5.32 Å². The van der Waals surface area contributed by atoms with Gasteiger partial charge in [-0.25, -0.2) is 4.98 Å². The first-order valence-electron chi connectivity index (χ1n) is 6.49. The van der Waals surface area contributed by atoms with E-state index in [0.717, 1.165) is 18.5 Å². The van der Waals surface area contributed by atoms with Gasteiger partial charge in [-0.05, 0) is 18.9 Å². The van der Waals surface area contributed by atoms with Crippen LogP contribution in [0.4, 0.5) is 5.13 Å². The van der Waals surface area contributed by atoms with Gasteiger partial charge in [0.1, 0.15) is 0 Å². The minimum absolute atomic E-state index is 0.0440. The molecule has 0 saturated carbocycles. The summed E-state index contributed by atoms with van der Waals surface area (Å²) >= 11 is 1.57. The van der Waals surface area contributed by atoms with Crippen LogP contribution >= 0.6 is 11.3 Å². The Morgan fingerprint density at radius 1 is 1.32 bits per heavy atom. The summed E-state index contributed by atoms with van der Waals surface area (Å²) in [5.74, 6) is 0.0440. The number of carbonyl (C=O) groups is 1. The first-order valence-corrected chi connectivity index (χ1v) is 7.30. The van der Waals surface area contributed by atoms with Gasteiger partial charge in [0.05, 0.1) is 5.69 Å². The van der Waals surface area contributed by atoms with E-state index in [4.69, 9.17) is 0 Å². The molecule has 2 rings (SSSR count). The lowest BCUT2D eigenvalue weighted by Crippen LogP contribution is -2.10. The van der Waals surface area contributed by atoms with Crippen LogP contribution in [0.5, 0.6) is 0 Å². The average molecular weight is 274 g/mol. The van der Waals surface area contributed by atoms with Gasteiger partial charge in [-0.15, -0.1) is 11.3 Å². The molecule has 1 amide bonds. The Kier molecular flexibility index (Phi) is 4.68. The molecular formula is C15H18N2OS. The van der Waals surface area contributed by atoms with E-state index in [1.807, 2.05) is 32.0 Å². The summed E-state index contributed by atoms with van der Waals surface area (Å²) < 4.78 is 0. The molecule has 1 N–H and O–H groups in total. The average Bonchev–Trinajstić information content (AvgIpc) is 2.71. The van der Waals surface area contributed by atoms with Crippen molar-refractivity contribution in [3.63, 3.8) is 0 Å². The van der Waals surface area contributed by atoms with Crippen molar-refractivity contribution in [1.82, 2.24) is 4.98 Å². The van der Waals surface area contributed by atoms with Crippen molar-refractivity contribution in [1.29, 1.82) is 0 Å². The number of aryl methyl sites for hydroxylation is 1. The Morgan fingerprint density at radius 2 is 2.05 bits per heavy atom. The van der Waals surface area contributed by atoms with Crippen molar-refractivity contribution in [3.05, 3.63) is 46.5 Å². The normalized spacial score (nSPS) is 10.4. The Bertz CT molecular complexity index is 549. The molecule has 0 unspecified atom stereocenters. The number of carbonyl (C=O) groups excluding carboxylic acids is 1. The number of amides is 1. The molecule has 0 aliphatic rings. The number of thiazole rings is 1. The number of anilines is 1. The molecule has 0 spiro atoms. The second-order valence-electron chi connectivity index (χ2n) is 4.49. The van der Waals surface area contributed by atoms with Crippen molar-refractivity contribution in [2.24, 2.45) is 0 Å². The summed E-state index contributed by atoms with van der Waals surface area (Å²) in [6.45, 7) is 3.98. The lowest BCUT2D eigenvalue weighted by molar-refractivity contribution is -0.116. The molecule has 3 nitrogen and oxygen atoms in total. The monoisotopic (exact) mass is 274 g/mol. The summed E-state index contributed by atoms with van der Waals surface area (Å²) in [4.78, 5) is 17.2. The van der Waals surface area contributed by atoms with E-state index in [0.29, 0.717) is 11.6 Å². The van der Waals surface area contributed by atoms with Gasteiger partial charge in [0, 0.05) is 17.7 Å². The third-order valence-corrected chi connectivity index (χ3v) is 3.90. The smallest absolute Gasteiger partial charge is 0.226 e. The Hall–Kier alpha value is -1.68. The molecule has 1 aromatic carbocycles. The quantitative estimate of drug-likeness (QED) is 0.901. The lowest BCUT2D eigenvalue weighted by Gasteiger charge is -1.99. The highest BCUT2D eigenvalue weighted by atomic mass is 32.1. The van der Waals surface area contributed by atoms with Crippen molar-refractivity contribution in [3.8, 4) is 0 Å². The fraction of sp³-hybridized carbons (Fsp3) is 0.333. The van der Waals surface area contributed by atoms with Crippen LogP contribution in [0.3, 0.4) is 0 Å². The fourth-order valence-corrected chi connectivity index (χ4v) is 2.85. The molecule has 0 radical (unpaired) electrons. The van der Waals surface area contributed by atoms with Crippen molar-refractivity contribution >= 4 is 22.4 Å². The van der Waals surface area contributed by atoms with Gasteiger partial charge >= 0.3 is 0 Å². The summed E-state index contributed by atoms with van der Waals surface area (Å²) in [5, 5.41) is 3.57. The summed E-state index contributed by atoms with van der Waals surface area (Å²) in [6, 6.07) is 10.3. The molecule has 0 saturated heterocycles. The van der Waals surface area contributed by atoms with Crippen LogP contribution in [0.15, 0.2) is 30.3 Å². The number of hydrogen-bond donors (Lipinski definition) is 1. The second kappa shape index (κ2) is 6.48. The predicted octanol–water partition coefficient (Wildman–Crippen LogP) is 3.78. The molecule has 100 valence electrons. The zero-order valence-electron chi connectivity index (χ0n) is 11.3. The molecular weight excluding hydrogens is 256 g/mol. The Labute approximate surface area is 117 Å². The number of nitrogens with one attached hydrogen (secondary N) is 1. The standard InChI is InChI=1S/C15H18N2OS/c1-3-7-14(18)17-15-16-11(2)13(19-15)10-12-8-5-4-6-9-12/h4-6,8-9H,3,7,10H2,1-2H3,(H,16,17,18). The SMILES string of the molecule is CCCC(=O)Nc1nc(C)c(Cc2ccccc2)s1. The lowest BCUT2D eigenvalue weighted by atomic mass is 10.1. The number of aromatic nitrogens is 1. The molecule has 1 heterocycles. The van der Waals surface area contributed by atoms with Crippen LogP contribution in [0.1, 0.15) is 35.9 Å². The van der Waals surface area contributed by atoms with E-state index in [-0.39, 0.29) is 5.91 Å². The van der Waals surface area contributed by atoms with Crippen molar-refractivity contribution < 1.29 is 4.79 Å². The predicted molar refractivity (Wildman–Crippen MR) is 79.6 cm³/mol. The maximum atomic E-state index is 11.5. The molecule has 2 aromatic rings. The summed E-state index contributed by atoms with van der Waals surface area (Å²) in [7, 11) is 0. The number of hydrogen-bond acceptors (Lipinski definition) is 3. The molecule has 0 atom stereocenters. The fourth-order valence-electron chi connectivity index (χ4n) is 1.84. The van der Waals surface area contributed by atoms with Crippen LogP contribution in [0.25, 0.3) is 0 Å². The number of rotatable bonds is 5. The van der Waals surface area contributed by atoms with Crippen LogP contribution < -0.4 is 5.32 Å². The molecule has 19 heavy (non-hydrogen) atoms. The first-order chi connectivity index (χ1) is 9.19. The van der Waals surface area contributed by atoms with Crippen molar-refractivity contribution in [2.45, 2.75) is 33.1 Å². The minimum Gasteiger partial charge on any atom is -0.302 e. The van der Waals surface area contributed by atoms with Gasteiger partial charge in [-0.3, -0.25) is 4.79 Å². The van der Waals surface area contributed by atoms with Crippen LogP contribution in [0.2, 0.25) is 0 Å². The molecule has 0 aliphatic carbocycles. The Morgan fingerprint density at radius 3 is 2.74 bits per heavy atom. The second-order valence-corrected chi connectivity index (χ2v) is 5.57. The highest BCUT2D eigenvalue weighted by Crippen LogP contribution is 2.25. The maximum absolute atomic E-state index is 11.5. The largest absolute Gasteiger partial charge is 0.302 e. The minimum atomic E-state index is 0.0440. The van der Waals surface area contributed by atoms with E-state index in [9.17, 15) is 4.79 Å². The molecule has 0 bridgehead atoms. The zero-order valence-corrected chi connectivity index (χ0v) is 12.1. The van der Waals surface area contributed by atoms with Gasteiger partial charge in [0.25, 0.3) is 0 Å². The van der Waals surface area contributed by atoms with E-state index in [2.05, 4.69) is 22.4 Å². The van der Waals surface area contributed by atoms with Crippen LogP contribution in [0, 0.1) is 6.92 Å². The highest BCUT2D eigenvalue weighted by molar-refractivity contribution is 7.15. The zero-order chi connectivity index (χ0) is 13.7. The molecule has 0 fully saturated rings. The highest BCUT2D eigenvalue weighted by Gasteiger charge is 2.10. The molecule has 1 aromatic heterocycles. The Balaban J connectivity index is 2.07. The number of benzene rings is 1. The van der Waals surface area contributed by atoms with E-state index < -0.39 is 0 Å². The van der Waals surface area contributed by atoms with Gasteiger partial charge in [0.2, 0.25) is 5.91 Å². The van der Waals surface area contributed by atoms with Crippen LogP contribution in [-0.4, -0.2) is 10.9 Å². The maximum Gasteiger partial charge on any atom is 0.226 e. The van der Waals surface area contributed by atoms with Gasteiger partial charge in [0.15, 0.2) is 5.13 Å². The van der Waals surface area contributed by atoms with Gasteiger partial charge < -0.3 is 5.32 Å². The number of nitrogens with zero attached hydrogens (tertiary/aromatic N) is 1. The van der Waals surface area contributed by atoms with Gasteiger partial charge in [-0.1, -0.05) is 37.3 Å². The van der Waals surface area contributed by atoms with E-state index in [1.165, 1.54) is 10.4 Å². The summed E-state index contributed by atoms with van der Waals surface area (Å²) in [6.07, 6.45) is 2.27. The third-order valence-electron chi connectivity index (χ3n) is 2.82. The first kappa shape index (κ1) is 13.7. The van der Waals surface area contributed by atoms with Gasteiger partial charge in [-0.2, -0.15) is 0 Å². The third kappa shape index (κ3) is 3.89. The summed E-state index contributed by atoms with van der Waals surface area (Å²) in [5.41, 5.74) is 2.27.